The molecule has 1 aliphatic rings. The van der Waals surface area contributed by atoms with E-state index in [4.69, 9.17) is 0 Å². The number of rotatable bonds is 2. The van der Waals surface area contributed by atoms with Crippen molar-refractivity contribution in [2.24, 2.45) is 0 Å². The fraction of sp³-hybridized carbons (Fsp3) is 0.545. The van der Waals surface area contributed by atoms with Crippen molar-refractivity contribution in [3.63, 3.8) is 0 Å². The summed E-state index contributed by atoms with van der Waals surface area (Å²) in [6.07, 6.45) is 1.54. The molecule has 0 bridgehead atoms. The van der Waals surface area contributed by atoms with Gasteiger partial charge in [-0.2, -0.15) is 4.31 Å². The summed E-state index contributed by atoms with van der Waals surface area (Å²) < 4.78 is 26.1. The van der Waals surface area contributed by atoms with Crippen molar-refractivity contribution >= 4 is 10.0 Å². The molecule has 94 valence electrons. The number of hydrogen-bond donors (Lipinski definition) is 1. The van der Waals surface area contributed by atoms with Gasteiger partial charge < -0.3 is 5.32 Å². The Kier molecular flexibility index (Phi) is 3.46. The molecule has 0 amide bonds. The third-order valence-electron chi connectivity index (χ3n) is 2.83. The number of aryl methyl sites for hydroxylation is 1. The normalized spacial score (nSPS) is 22.6. The summed E-state index contributed by atoms with van der Waals surface area (Å²) in [4.78, 5) is 3.96. The summed E-state index contributed by atoms with van der Waals surface area (Å²) in [6.45, 7) is 5.53. The molecule has 0 aromatic carbocycles. The number of nitrogens with one attached hydrogen (secondary N) is 1. The van der Waals surface area contributed by atoms with Gasteiger partial charge in [-0.15, -0.1) is 0 Å². The van der Waals surface area contributed by atoms with Crippen LogP contribution in [0.25, 0.3) is 0 Å². The zero-order valence-corrected chi connectivity index (χ0v) is 10.9. The van der Waals surface area contributed by atoms with Gasteiger partial charge in [-0.05, 0) is 31.5 Å². The Bertz CT molecular complexity index is 501. The number of piperazine rings is 1. The SMILES string of the molecule is Cc1ccnc(S(=O)(=O)N2CCN[C@@H](C)C2)c1. The topological polar surface area (TPSA) is 62.3 Å². The van der Waals surface area contributed by atoms with Crippen LogP contribution in [0.3, 0.4) is 0 Å². The molecule has 1 aromatic rings. The molecule has 1 aromatic heterocycles. The molecule has 2 rings (SSSR count). The smallest absolute Gasteiger partial charge is 0.260 e. The zero-order chi connectivity index (χ0) is 12.5. The molecule has 1 aliphatic heterocycles. The lowest BCUT2D eigenvalue weighted by molar-refractivity contribution is 0.309. The van der Waals surface area contributed by atoms with Crippen molar-refractivity contribution in [3.8, 4) is 0 Å². The highest BCUT2D eigenvalue weighted by Crippen LogP contribution is 2.15. The Morgan fingerprint density at radius 3 is 2.94 bits per heavy atom. The van der Waals surface area contributed by atoms with Gasteiger partial charge in [-0.25, -0.2) is 13.4 Å². The van der Waals surface area contributed by atoms with E-state index >= 15 is 0 Å². The van der Waals surface area contributed by atoms with Crippen LogP contribution in [0.2, 0.25) is 0 Å². The van der Waals surface area contributed by atoms with Crippen LogP contribution in [-0.4, -0.2) is 43.4 Å². The number of sulfonamides is 1. The molecular weight excluding hydrogens is 238 g/mol. The van der Waals surface area contributed by atoms with Crippen molar-refractivity contribution in [3.05, 3.63) is 23.9 Å². The van der Waals surface area contributed by atoms with Gasteiger partial charge in [0, 0.05) is 31.9 Å². The van der Waals surface area contributed by atoms with Gasteiger partial charge in [0.1, 0.15) is 0 Å². The Hall–Kier alpha value is -0.980. The van der Waals surface area contributed by atoms with Gasteiger partial charge in [0.2, 0.25) is 0 Å². The predicted molar refractivity (Wildman–Crippen MR) is 65.2 cm³/mol. The molecule has 0 radical (unpaired) electrons. The Morgan fingerprint density at radius 1 is 1.53 bits per heavy atom. The average Bonchev–Trinajstić information content (AvgIpc) is 2.29. The van der Waals surface area contributed by atoms with Crippen molar-refractivity contribution in [2.45, 2.75) is 24.9 Å². The zero-order valence-electron chi connectivity index (χ0n) is 10.0. The molecule has 2 heterocycles. The Balaban J connectivity index is 2.29. The lowest BCUT2D eigenvalue weighted by Crippen LogP contribution is -2.51. The maximum atomic E-state index is 12.3. The van der Waals surface area contributed by atoms with E-state index in [0.717, 1.165) is 5.56 Å². The first-order valence-electron chi connectivity index (χ1n) is 5.66. The second-order valence-corrected chi connectivity index (χ2v) is 6.27. The summed E-state index contributed by atoms with van der Waals surface area (Å²) in [5.41, 5.74) is 0.904. The Labute approximate surface area is 102 Å². The Morgan fingerprint density at radius 2 is 2.29 bits per heavy atom. The lowest BCUT2D eigenvalue weighted by Gasteiger charge is -2.30. The van der Waals surface area contributed by atoms with E-state index in [1.54, 1.807) is 12.1 Å². The van der Waals surface area contributed by atoms with Crippen LogP contribution in [0, 0.1) is 6.92 Å². The summed E-state index contributed by atoms with van der Waals surface area (Å²) >= 11 is 0. The third-order valence-corrected chi connectivity index (χ3v) is 4.59. The maximum Gasteiger partial charge on any atom is 0.260 e. The average molecular weight is 255 g/mol. The quantitative estimate of drug-likeness (QED) is 0.829. The summed E-state index contributed by atoms with van der Waals surface area (Å²) in [5, 5.41) is 3.37. The highest BCUT2D eigenvalue weighted by Gasteiger charge is 2.29. The van der Waals surface area contributed by atoms with Crippen molar-refractivity contribution in [2.75, 3.05) is 19.6 Å². The predicted octanol–water partition coefficient (Wildman–Crippen LogP) is 0.372. The maximum absolute atomic E-state index is 12.3. The van der Waals surface area contributed by atoms with Crippen molar-refractivity contribution in [1.82, 2.24) is 14.6 Å². The number of pyridine rings is 1. The summed E-state index contributed by atoms with van der Waals surface area (Å²) in [7, 11) is -3.44. The minimum atomic E-state index is -3.44. The molecule has 6 heteroatoms. The molecule has 1 N–H and O–H groups in total. The molecule has 1 saturated heterocycles. The molecule has 0 saturated carbocycles. The van der Waals surface area contributed by atoms with Crippen LogP contribution in [-0.2, 0) is 10.0 Å². The standard InChI is InChI=1S/C11H17N3O2S/c1-9-3-4-13-11(7-9)17(15,16)14-6-5-12-10(2)8-14/h3-4,7,10,12H,5-6,8H2,1-2H3/t10-/m0/s1. The highest BCUT2D eigenvalue weighted by atomic mass is 32.2. The monoisotopic (exact) mass is 255 g/mol. The van der Waals surface area contributed by atoms with Gasteiger partial charge in [0.25, 0.3) is 10.0 Å². The first-order chi connectivity index (χ1) is 8.00. The fourth-order valence-corrected chi connectivity index (χ4v) is 3.44. The minimum absolute atomic E-state index is 0.145. The number of nitrogens with zero attached hydrogens (tertiary/aromatic N) is 2. The van der Waals surface area contributed by atoms with Gasteiger partial charge in [0.15, 0.2) is 5.03 Å². The van der Waals surface area contributed by atoms with Crippen LogP contribution >= 0.6 is 0 Å². The highest BCUT2D eigenvalue weighted by molar-refractivity contribution is 7.89. The van der Waals surface area contributed by atoms with Crippen molar-refractivity contribution in [1.29, 1.82) is 0 Å². The number of aromatic nitrogens is 1. The lowest BCUT2D eigenvalue weighted by atomic mass is 10.3. The molecule has 1 fully saturated rings. The number of hydrogen-bond acceptors (Lipinski definition) is 4. The van der Waals surface area contributed by atoms with Crippen LogP contribution < -0.4 is 5.32 Å². The van der Waals surface area contributed by atoms with Gasteiger partial charge in [-0.1, -0.05) is 0 Å². The van der Waals surface area contributed by atoms with Crippen LogP contribution in [0.4, 0.5) is 0 Å². The second kappa shape index (κ2) is 4.72. The van der Waals surface area contributed by atoms with Crippen LogP contribution in [0.1, 0.15) is 12.5 Å². The van der Waals surface area contributed by atoms with Crippen LogP contribution in [0.15, 0.2) is 23.4 Å². The van der Waals surface area contributed by atoms with Gasteiger partial charge in [0.05, 0.1) is 0 Å². The van der Waals surface area contributed by atoms with Gasteiger partial charge in [-0.3, -0.25) is 0 Å². The summed E-state index contributed by atoms with van der Waals surface area (Å²) in [6, 6.07) is 3.59. The van der Waals surface area contributed by atoms with Crippen molar-refractivity contribution < 1.29 is 8.42 Å². The molecule has 17 heavy (non-hydrogen) atoms. The van der Waals surface area contributed by atoms with E-state index in [2.05, 4.69) is 10.3 Å². The second-order valence-electron chi connectivity index (χ2n) is 4.39. The largest absolute Gasteiger partial charge is 0.312 e. The summed E-state index contributed by atoms with van der Waals surface area (Å²) in [5.74, 6) is 0. The fourth-order valence-electron chi connectivity index (χ4n) is 1.90. The molecular formula is C11H17N3O2S. The first kappa shape index (κ1) is 12.5. The van der Waals surface area contributed by atoms with E-state index < -0.39 is 10.0 Å². The van der Waals surface area contributed by atoms with Crippen LogP contribution in [0.5, 0.6) is 0 Å². The molecule has 0 spiro atoms. The molecule has 0 aliphatic carbocycles. The van der Waals surface area contributed by atoms with E-state index in [1.165, 1.54) is 10.5 Å². The van der Waals surface area contributed by atoms with E-state index in [1.807, 2.05) is 13.8 Å². The third kappa shape index (κ3) is 2.65. The van der Waals surface area contributed by atoms with E-state index in [9.17, 15) is 8.42 Å². The molecule has 5 nitrogen and oxygen atoms in total. The molecule has 0 unspecified atom stereocenters. The molecule has 1 atom stereocenters. The minimum Gasteiger partial charge on any atom is -0.312 e. The van der Waals surface area contributed by atoms with Gasteiger partial charge >= 0.3 is 0 Å². The van der Waals surface area contributed by atoms with E-state index in [0.29, 0.717) is 19.6 Å². The first-order valence-corrected chi connectivity index (χ1v) is 7.10. The van der Waals surface area contributed by atoms with E-state index in [-0.39, 0.29) is 11.1 Å².